The highest BCUT2D eigenvalue weighted by atomic mass is 16.6. The average Bonchev–Trinajstić information content (AvgIpc) is 3.66. The lowest BCUT2D eigenvalue weighted by atomic mass is 9.85. The summed E-state index contributed by atoms with van der Waals surface area (Å²) in [6.07, 6.45) is 6.05. The minimum atomic E-state index is -0.587. The van der Waals surface area contributed by atoms with Gasteiger partial charge in [-0.25, -0.2) is 0 Å². The number of nitrogens with one attached hydrogen (secondary N) is 2. The molecule has 2 N–H and O–H groups in total. The van der Waals surface area contributed by atoms with Crippen LogP contribution in [0.3, 0.4) is 0 Å². The maximum atomic E-state index is 13.5. The normalized spacial score (nSPS) is 16.7. The lowest BCUT2D eigenvalue weighted by molar-refractivity contribution is -0.479. The number of nitrogens with zero attached hydrogens (tertiary/aromatic N) is 3. The number of aromatic nitrogens is 2. The Kier molecular flexibility index (Phi) is 6.89. The SMILES string of the molecule is CN(CC[N+](=O)[O-])C(=O)C1CC(=O)c2c([nH]c(-c3ccncc3OCC3CC3)c2Nc2ccccc2)C1. The fourth-order valence-corrected chi connectivity index (χ4v) is 4.67. The van der Waals surface area contributed by atoms with Crippen molar-refractivity contribution in [2.75, 3.05) is 32.1 Å². The maximum Gasteiger partial charge on any atom is 0.226 e. The number of carbonyl (C=O) groups excluding carboxylic acids is 2. The number of carbonyl (C=O) groups is 2. The van der Waals surface area contributed by atoms with Crippen LogP contribution in [0.15, 0.2) is 48.8 Å². The number of Topliss-reactive ketones (excluding diaryl/α,β-unsaturated/α-hetero) is 1. The van der Waals surface area contributed by atoms with Crippen LogP contribution in [0.1, 0.15) is 35.3 Å². The molecule has 37 heavy (non-hydrogen) atoms. The Morgan fingerprint density at radius 2 is 2.03 bits per heavy atom. The van der Waals surface area contributed by atoms with Gasteiger partial charge in [-0.1, -0.05) is 18.2 Å². The highest BCUT2D eigenvalue weighted by molar-refractivity contribution is 6.09. The molecule has 0 aliphatic heterocycles. The van der Waals surface area contributed by atoms with Crippen LogP contribution in [0, 0.1) is 22.0 Å². The van der Waals surface area contributed by atoms with E-state index in [1.54, 1.807) is 12.4 Å². The summed E-state index contributed by atoms with van der Waals surface area (Å²) in [7, 11) is 1.54. The smallest absolute Gasteiger partial charge is 0.226 e. The number of para-hydroxylation sites is 1. The summed E-state index contributed by atoms with van der Waals surface area (Å²) in [5.74, 6) is 0.177. The first-order chi connectivity index (χ1) is 17.9. The zero-order valence-corrected chi connectivity index (χ0v) is 20.6. The molecule has 1 fully saturated rings. The molecule has 1 saturated carbocycles. The van der Waals surface area contributed by atoms with Gasteiger partial charge in [-0.2, -0.15) is 0 Å². The minimum absolute atomic E-state index is 0.00111. The molecule has 10 heteroatoms. The Morgan fingerprint density at radius 3 is 2.76 bits per heavy atom. The molecular formula is C27H29N5O5. The number of pyridine rings is 1. The van der Waals surface area contributed by atoms with E-state index in [2.05, 4.69) is 15.3 Å². The number of ketones is 1. The molecule has 0 bridgehead atoms. The number of amides is 1. The number of aromatic amines is 1. The van der Waals surface area contributed by atoms with E-state index in [-0.39, 0.29) is 31.2 Å². The van der Waals surface area contributed by atoms with Gasteiger partial charge in [-0.05, 0) is 37.0 Å². The van der Waals surface area contributed by atoms with Gasteiger partial charge in [0.1, 0.15) is 5.75 Å². The van der Waals surface area contributed by atoms with Crippen molar-refractivity contribution in [3.05, 3.63) is 70.2 Å². The van der Waals surface area contributed by atoms with Crippen LogP contribution in [-0.4, -0.2) is 58.2 Å². The number of rotatable bonds is 10. The molecule has 0 radical (unpaired) electrons. The monoisotopic (exact) mass is 503 g/mol. The van der Waals surface area contributed by atoms with E-state index < -0.39 is 10.8 Å². The van der Waals surface area contributed by atoms with E-state index in [1.165, 1.54) is 11.9 Å². The van der Waals surface area contributed by atoms with Gasteiger partial charge in [0.25, 0.3) is 0 Å². The van der Waals surface area contributed by atoms with Crippen molar-refractivity contribution in [3.8, 4) is 17.0 Å². The lowest BCUT2D eigenvalue weighted by Crippen LogP contribution is -2.39. The lowest BCUT2D eigenvalue weighted by Gasteiger charge is -2.25. The van der Waals surface area contributed by atoms with E-state index in [1.807, 2.05) is 36.4 Å². The predicted molar refractivity (Wildman–Crippen MR) is 138 cm³/mol. The van der Waals surface area contributed by atoms with Gasteiger partial charge in [0, 0.05) is 48.0 Å². The number of nitro groups is 1. The molecule has 0 saturated heterocycles. The summed E-state index contributed by atoms with van der Waals surface area (Å²) in [4.78, 5) is 45.8. The van der Waals surface area contributed by atoms with Crippen LogP contribution in [0.5, 0.6) is 5.75 Å². The summed E-state index contributed by atoms with van der Waals surface area (Å²) in [6, 6.07) is 11.4. The number of fused-ring (bicyclic) bond motifs is 1. The van der Waals surface area contributed by atoms with E-state index >= 15 is 0 Å². The number of anilines is 2. The Bertz CT molecular complexity index is 1320. The van der Waals surface area contributed by atoms with Crippen LogP contribution in [-0.2, 0) is 11.2 Å². The fourth-order valence-electron chi connectivity index (χ4n) is 4.67. The third-order valence-electron chi connectivity index (χ3n) is 6.85. The molecule has 192 valence electrons. The van der Waals surface area contributed by atoms with Crippen LogP contribution >= 0.6 is 0 Å². The third-order valence-corrected chi connectivity index (χ3v) is 6.85. The average molecular weight is 504 g/mol. The molecule has 5 rings (SSSR count). The van der Waals surface area contributed by atoms with Crippen molar-refractivity contribution in [1.29, 1.82) is 0 Å². The number of ether oxygens (including phenoxy) is 1. The van der Waals surface area contributed by atoms with Gasteiger partial charge in [0.15, 0.2) is 5.78 Å². The predicted octanol–water partition coefficient (Wildman–Crippen LogP) is 4.09. The molecule has 3 aromatic rings. The fraction of sp³-hybridized carbons (Fsp3) is 0.370. The molecule has 1 atom stereocenters. The van der Waals surface area contributed by atoms with Crippen LogP contribution < -0.4 is 10.1 Å². The topological polar surface area (TPSA) is 130 Å². The first kappa shape index (κ1) is 24.5. The maximum absolute atomic E-state index is 13.5. The molecular weight excluding hydrogens is 474 g/mol. The highest BCUT2D eigenvalue weighted by Gasteiger charge is 2.36. The number of likely N-dealkylation sites (N-methyl/N-ethyl adjacent to an activating group) is 1. The Hall–Kier alpha value is -4.21. The van der Waals surface area contributed by atoms with E-state index in [9.17, 15) is 19.7 Å². The second kappa shape index (κ2) is 10.4. The van der Waals surface area contributed by atoms with Crippen LogP contribution in [0.4, 0.5) is 11.4 Å². The summed E-state index contributed by atoms with van der Waals surface area (Å²) >= 11 is 0. The second-order valence-corrected chi connectivity index (χ2v) is 9.69. The van der Waals surface area contributed by atoms with E-state index in [4.69, 9.17) is 4.74 Å². The number of hydrogen-bond acceptors (Lipinski definition) is 7. The molecule has 2 heterocycles. The third kappa shape index (κ3) is 5.47. The molecule has 1 aromatic carbocycles. The van der Waals surface area contributed by atoms with Crippen LogP contribution in [0.2, 0.25) is 0 Å². The standard InChI is InChI=1S/C27H29N5O5/c1-31(11-12-32(35)36)27(34)18-13-21-24(22(33)14-18)26(29-19-5-3-2-4-6-19)25(30-21)20-9-10-28-15-23(20)37-16-17-7-8-17/h2-6,9-10,15,17-18,29-30H,7-8,11-14,16H2,1H3. The number of hydrogen-bond donors (Lipinski definition) is 2. The van der Waals surface area contributed by atoms with Crippen LogP contribution in [0.25, 0.3) is 11.3 Å². The highest BCUT2D eigenvalue weighted by Crippen LogP contribution is 2.43. The summed E-state index contributed by atoms with van der Waals surface area (Å²) < 4.78 is 6.11. The molecule has 1 unspecified atom stereocenters. The molecule has 2 aromatic heterocycles. The van der Waals surface area contributed by atoms with Gasteiger partial charge in [0.05, 0.1) is 42.2 Å². The zero-order valence-electron chi connectivity index (χ0n) is 20.6. The first-order valence-corrected chi connectivity index (χ1v) is 12.4. The van der Waals surface area contributed by atoms with Crippen molar-refractivity contribution in [1.82, 2.24) is 14.9 Å². The van der Waals surface area contributed by atoms with Gasteiger partial charge in [0.2, 0.25) is 12.5 Å². The molecule has 0 spiro atoms. The number of H-pyrrole nitrogens is 1. The Labute approximate surface area is 214 Å². The van der Waals surface area contributed by atoms with Gasteiger partial charge in [-0.15, -0.1) is 0 Å². The van der Waals surface area contributed by atoms with Crippen molar-refractivity contribution in [3.63, 3.8) is 0 Å². The molecule has 2 aliphatic carbocycles. The summed E-state index contributed by atoms with van der Waals surface area (Å²) in [5.41, 5.74) is 4.13. The van der Waals surface area contributed by atoms with Gasteiger partial charge < -0.3 is 19.9 Å². The van der Waals surface area contributed by atoms with Crippen molar-refractivity contribution < 1.29 is 19.2 Å². The first-order valence-electron chi connectivity index (χ1n) is 12.4. The Morgan fingerprint density at radius 1 is 1.24 bits per heavy atom. The zero-order chi connectivity index (χ0) is 25.9. The molecule has 2 aliphatic rings. The quantitative estimate of drug-likeness (QED) is 0.315. The van der Waals surface area contributed by atoms with E-state index in [0.29, 0.717) is 47.3 Å². The van der Waals surface area contributed by atoms with E-state index in [0.717, 1.165) is 24.1 Å². The largest absolute Gasteiger partial charge is 0.491 e. The van der Waals surface area contributed by atoms with Crippen molar-refractivity contribution in [2.24, 2.45) is 11.8 Å². The van der Waals surface area contributed by atoms with Gasteiger partial charge in [-0.3, -0.25) is 24.7 Å². The number of benzene rings is 1. The summed E-state index contributed by atoms with van der Waals surface area (Å²) in [6.45, 7) is 0.281. The second-order valence-electron chi connectivity index (χ2n) is 9.69. The molecule has 1 amide bonds. The Balaban J connectivity index is 1.50. The molecule has 10 nitrogen and oxygen atoms in total. The minimum Gasteiger partial charge on any atom is -0.491 e. The summed E-state index contributed by atoms with van der Waals surface area (Å²) in [5, 5.41) is 14.2. The van der Waals surface area contributed by atoms with Gasteiger partial charge >= 0.3 is 0 Å². The van der Waals surface area contributed by atoms with Crippen molar-refractivity contribution >= 4 is 23.1 Å². The van der Waals surface area contributed by atoms with Crippen molar-refractivity contribution in [2.45, 2.75) is 25.7 Å².